The Morgan fingerprint density at radius 3 is 2.59 bits per heavy atom. The Hall–Kier alpha value is -1.10. The van der Waals surface area contributed by atoms with Gasteiger partial charge in [0.2, 0.25) is 5.91 Å². The summed E-state index contributed by atoms with van der Waals surface area (Å²) in [7, 11) is 0. The van der Waals surface area contributed by atoms with E-state index in [1.165, 1.54) is 0 Å². The molecule has 0 saturated heterocycles. The van der Waals surface area contributed by atoms with Crippen molar-refractivity contribution >= 4 is 11.9 Å². The van der Waals surface area contributed by atoms with Crippen molar-refractivity contribution in [3.63, 3.8) is 0 Å². The number of amides is 1. The van der Waals surface area contributed by atoms with Gasteiger partial charge in [0, 0.05) is 6.54 Å². The Morgan fingerprint density at radius 2 is 1.94 bits per heavy atom. The molecule has 0 aromatic carbocycles. The zero-order valence-corrected chi connectivity index (χ0v) is 10.4. The molecule has 0 heterocycles. The molecule has 0 spiro atoms. The largest absolute Gasteiger partial charge is 0.481 e. The van der Waals surface area contributed by atoms with Crippen LogP contribution in [0.15, 0.2) is 0 Å². The number of carbonyl (C=O) groups excluding carboxylic acids is 1. The van der Waals surface area contributed by atoms with Crippen LogP contribution in [-0.4, -0.2) is 36.6 Å². The van der Waals surface area contributed by atoms with Gasteiger partial charge in [-0.05, 0) is 32.4 Å². The molecule has 0 aromatic rings. The SMILES string of the molecule is CCNCCCNC(=O)C1CCCC1C(=O)O. The Labute approximate surface area is 102 Å². The molecule has 2 unspecified atom stereocenters. The van der Waals surface area contributed by atoms with E-state index in [1.54, 1.807) is 0 Å². The van der Waals surface area contributed by atoms with Crippen molar-refractivity contribution < 1.29 is 14.7 Å². The van der Waals surface area contributed by atoms with Crippen LogP contribution in [0, 0.1) is 11.8 Å². The summed E-state index contributed by atoms with van der Waals surface area (Å²) in [5.41, 5.74) is 0. The van der Waals surface area contributed by atoms with Gasteiger partial charge in [0.05, 0.1) is 11.8 Å². The van der Waals surface area contributed by atoms with Crippen molar-refractivity contribution in [1.82, 2.24) is 10.6 Å². The van der Waals surface area contributed by atoms with Crippen LogP contribution in [0.4, 0.5) is 0 Å². The van der Waals surface area contributed by atoms with Crippen molar-refractivity contribution in [3.8, 4) is 0 Å². The van der Waals surface area contributed by atoms with Gasteiger partial charge in [-0.2, -0.15) is 0 Å². The second kappa shape index (κ2) is 7.27. The van der Waals surface area contributed by atoms with Crippen LogP contribution in [0.2, 0.25) is 0 Å². The summed E-state index contributed by atoms with van der Waals surface area (Å²) in [6, 6.07) is 0. The zero-order valence-electron chi connectivity index (χ0n) is 10.4. The lowest BCUT2D eigenvalue weighted by molar-refractivity contribution is -0.146. The lowest BCUT2D eigenvalue weighted by atomic mass is 9.95. The van der Waals surface area contributed by atoms with E-state index in [4.69, 9.17) is 5.11 Å². The van der Waals surface area contributed by atoms with Gasteiger partial charge >= 0.3 is 5.97 Å². The fraction of sp³-hybridized carbons (Fsp3) is 0.833. The highest BCUT2D eigenvalue weighted by Crippen LogP contribution is 2.31. The van der Waals surface area contributed by atoms with E-state index in [9.17, 15) is 9.59 Å². The van der Waals surface area contributed by atoms with E-state index in [0.29, 0.717) is 19.4 Å². The Morgan fingerprint density at radius 1 is 1.24 bits per heavy atom. The fourth-order valence-electron chi connectivity index (χ4n) is 2.30. The maximum atomic E-state index is 11.8. The van der Waals surface area contributed by atoms with Crippen LogP contribution in [0.1, 0.15) is 32.6 Å². The lowest BCUT2D eigenvalue weighted by Crippen LogP contribution is -2.36. The van der Waals surface area contributed by atoms with E-state index in [0.717, 1.165) is 25.9 Å². The van der Waals surface area contributed by atoms with Gasteiger partial charge < -0.3 is 15.7 Å². The quantitative estimate of drug-likeness (QED) is 0.571. The molecule has 1 saturated carbocycles. The number of carboxylic acids is 1. The summed E-state index contributed by atoms with van der Waals surface area (Å²) >= 11 is 0. The van der Waals surface area contributed by atoms with Crippen molar-refractivity contribution in [2.75, 3.05) is 19.6 Å². The number of hydrogen-bond donors (Lipinski definition) is 3. The Balaban J connectivity index is 2.25. The lowest BCUT2D eigenvalue weighted by Gasteiger charge is -2.15. The minimum atomic E-state index is -0.838. The third-order valence-corrected chi connectivity index (χ3v) is 3.25. The van der Waals surface area contributed by atoms with Gasteiger partial charge in [-0.1, -0.05) is 13.3 Å². The predicted molar refractivity (Wildman–Crippen MR) is 64.6 cm³/mol. The third kappa shape index (κ3) is 4.34. The number of nitrogens with one attached hydrogen (secondary N) is 2. The molecule has 5 heteroatoms. The maximum Gasteiger partial charge on any atom is 0.307 e. The minimum absolute atomic E-state index is 0.0913. The standard InChI is InChI=1S/C12H22N2O3/c1-2-13-7-4-8-14-11(15)9-5-3-6-10(9)12(16)17/h9-10,13H,2-8H2,1H3,(H,14,15)(H,16,17). The van der Waals surface area contributed by atoms with Gasteiger partial charge in [0.25, 0.3) is 0 Å². The average Bonchev–Trinajstić information content (AvgIpc) is 2.77. The number of aliphatic carboxylic acids is 1. The van der Waals surface area contributed by atoms with Gasteiger partial charge in [0.15, 0.2) is 0 Å². The van der Waals surface area contributed by atoms with Crippen molar-refractivity contribution in [3.05, 3.63) is 0 Å². The van der Waals surface area contributed by atoms with Gasteiger partial charge in [-0.15, -0.1) is 0 Å². The second-order valence-electron chi connectivity index (χ2n) is 4.48. The monoisotopic (exact) mass is 242 g/mol. The zero-order chi connectivity index (χ0) is 12.7. The summed E-state index contributed by atoms with van der Waals surface area (Å²) in [5.74, 6) is -1.74. The number of carbonyl (C=O) groups is 2. The van der Waals surface area contributed by atoms with Crippen LogP contribution in [0.3, 0.4) is 0 Å². The molecule has 0 aliphatic heterocycles. The molecule has 1 aliphatic carbocycles. The molecule has 17 heavy (non-hydrogen) atoms. The topological polar surface area (TPSA) is 78.4 Å². The Kier molecular flexibility index (Phi) is 5.97. The molecule has 2 atom stereocenters. The molecular formula is C12H22N2O3. The van der Waals surface area contributed by atoms with E-state index >= 15 is 0 Å². The van der Waals surface area contributed by atoms with Crippen LogP contribution >= 0.6 is 0 Å². The van der Waals surface area contributed by atoms with Crippen molar-refractivity contribution in [1.29, 1.82) is 0 Å². The normalized spacial score (nSPS) is 23.6. The van der Waals surface area contributed by atoms with E-state index < -0.39 is 11.9 Å². The first-order chi connectivity index (χ1) is 8.16. The van der Waals surface area contributed by atoms with Crippen molar-refractivity contribution in [2.24, 2.45) is 11.8 Å². The van der Waals surface area contributed by atoms with E-state index in [-0.39, 0.29) is 11.8 Å². The van der Waals surface area contributed by atoms with Gasteiger partial charge in [0.1, 0.15) is 0 Å². The van der Waals surface area contributed by atoms with Crippen LogP contribution in [-0.2, 0) is 9.59 Å². The number of hydrogen-bond acceptors (Lipinski definition) is 3. The predicted octanol–water partition coefficient (Wildman–Crippen LogP) is 0.603. The van der Waals surface area contributed by atoms with Crippen LogP contribution in [0.25, 0.3) is 0 Å². The van der Waals surface area contributed by atoms with Crippen LogP contribution < -0.4 is 10.6 Å². The first kappa shape index (κ1) is 14.0. The minimum Gasteiger partial charge on any atom is -0.481 e. The van der Waals surface area contributed by atoms with E-state index in [2.05, 4.69) is 10.6 Å². The first-order valence-electron chi connectivity index (χ1n) is 6.38. The molecule has 0 radical (unpaired) electrons. The van der Waals surface area contributed by atoms with Gasteiger partial charge in [-0.3, -0.25) is 9.59 Å². The Bertz CT molecular complexity index is 268. The molecule has 0 aromatic heterocycles. The highest BCUT2D eigenvalue weighted by molar-refractivity contribution is 5.85. The highest BCUT2D eigenvalue weighted by Gasteiger charge is 2.37. The molecule has 5 nitrogen and oxygen atoms in total. The molecule has 1 aliphatic rings. The molecular weight excluding hydrogens is 220 g/mol. The number of carboxylic acid groups (broad SMARTS) is 1. The summed E-state index contributed by atoms with van der Waals surface area (Å²) in [6.45, 7) is 4.46. The summed E-state index contributed by atoms with van der Waals surface area (Å²) < 4.78 is 0. The second-order valence-corrected chi connectivity index (χ2v) is 4.48. The maximum absolute atomic E-state index is 11.8. The average molecular weight is 242 g/mol. The number of rotatable bonds is 7. The third-order valence-electron chi connectivity index (χ3n) is 3.25. The van der Waals surface area contributed by atoms with Crippen molar-refractivity contribution in [2.45, 2.75) is 32.6 Å². The summed E-state index contributed by atoms with van der Waals surface area (Å²) in [6.07, 6.45) is 3.05. The first-order valence-corrected chi connectivity index (χ1v) is 6.38. The molecule has 1 fully saturated rings. The molecule has 1 amide bonds. The highest BCUT2D eigenvalue weighted by atomic mass is 16.4. The molecule has 3 N–H and O–H groups in total. The van der Waals surface area contributed by atoms with Crippen LogP contribution in [0.5, 0.6) is 0 Å². The molecule has 0 bridgehead atoms. The molecule has 98 valence electrons. The molecule has 1 rings (SSSR count). The smallest absolute Gasteiger partial charge is 0.307 e. The van der Waals surface area contributed by atoms with E-state index in [1.807, 2.05) is 6.92 Å². The fourth-order valence-corrected chi connectivity index (χ4v) is 2.30. The van der Waals surface area contributed by atoms with Gasteiger partial charge in [-0.25, -0.2) is 0 Å². The summed E-state index contributed by atoms with van der Waals surface area (Å²) in [5, 5.41) is 15.0. The summed E-state index contributed by atoms with van der Waals surface area (Å²) in [4.78, 5) is 22.7.